The molecule has 0 heterocycles. The van der Waals surface area contributed by atoms with Crippen molar-refractivity contribution < 1.29 is 19.1 Å². The van der Waals surface area contributed by atoms with Gasteiger partial charge < -0.3 is 9.47 Å². The van der Waals surface area contributed by atoms with Crippen molar-refractivity contribution in [2.75, 3.05) is 0 Å². The highest BCUT2D eigenvalue weighted by atomic mass is 16.6. The third-order valence-electron chi connectivity index (χ3n) is 2.79. The molecule has 0 atom stereocenters. The Morgan fingerprint density at radius 1 is 0.864 bits per heavy atom. The van der Waals surface area contributed by atoms with E-state index >= 15 is 0 Å². The molecule has 22 heavy (non-hydrogen) atoms. The lowest BCUT2D eigenvalue weighted by atomic mass is 10.0. The summed E-state index contributed by atoms with van der Waals surface area (Å²) in [5.74, 6) is -1.34. The lowest BCUT2D eigenvalue weighted by Crippen LogP contribution is -2.28. The monoisotopic (exact) mass is 306 g/mol. The van der Waals surface area contributed by atoms with Crippen LogP contribution in [0.1, 0.15) is 53.4 Å². The van der Waals surface area contributed by atoms with E-state index in [1.54, 1.807) is 27.7 Å². The summed E-state index contributed by atoms with van der Waals surface area (Å²) in [4.78, 5) is 23.2. The van der Waals surface area contributed by atoms with E-state index in [0.717, 1.165) is 12.2 Å². The Balaban J connectivity index is 4.41. The summed E-state index contributed by atoms with van der Waals surface area (Å²) >= 11 is 0. The summed E-state index contributed by atoms with van der Waals surface area (Å²) < 4.78 is 10.3. The Hall–Kier alpha value is -2.34. The lowest BCUT2D eigenvalue weighted by Gasteiger charge is -2.24. The van der Waals surface area contributed by atoms with Gasteiger partial charge in [-0.25, -0.2) is 9.59 Å². The van der Waals surface area contributed by atoms with Gasteiger partial charge in [0.1, 0.15) is 11.2 Å². The number of rotatable bonds is 8. The molecule has 0 aromatic rings. The summed E-state index contributed by atoms with van der Waals surface area (Å²) in [5, 5.41) is 17.0. The van der Waals surface area contributed by atoms with Crippen LogP contribution in [0.4, 0.5) is 0 Å². The summed E-state index contributed by atoms with van der Waals surface area (Å²) in [6, 6.07) is 3.97. The number of esters is 2. The number of nitriles is 2. The second-order valence-electron chi connectivity index (χ2n) is 6.01. The molecule has 0 rings (SSSR count). The maximum absolute atomic E-state index is 11.6. The average molecular weight is 306 g/mol. The van der Waals surface area contributed by atoms with Crippen LogP contribution in [0.3, 0.4) is 0 Å². The molecule has 0 aromatic carbocycles. The standard InChI is InChI=1S/C16H22N2O4/c1-15(2,9-5-11-17)21-13(19)7-8-14(20)22-16(3,4)10-6-12-18/h7-8H,5-6,9-10H2,1-4H3/b8-7+. The predicted molar refractivity (Wildman–Crippen MR) is 79.2 cm³/mol. The summed E-state index contributed by atoms with van der Waals surface area (Å²) in [7, 11) is 0. The highest BCUT2D eigenvalue weighted by Gasteiger charge is 2.23. The van der Waals surface area contributed by atoms with Gasteiger partial charge in [0.15, 0.2) is 0 Å². The third kappa shape index (κ3) is 9.55. The van der Waals surface area contributed by atoms with Crippen LogP contribution in [0.2, 0.25) is 0 Å². The molecule has 0 saturated carbocycles. The predicted octanol–water partition coefficient (Wildman–Crippen LogP) is 2.79. The molecule has 0 N–H and O–H groups in total. The second kappa shape index (κ2) is 8.84. The fourth-order valence-corrected chi connectivity index (χ4v) is 1.56. The number of nitrogens with zero attached hydrogens (tertiary/aromatic N) is 2. The van der Waals surface area contributed by atoms with Crippen LogP contribution in [-0.4, -0.2) is 23.1 Å². The smallest absolute Gasteiger partial charge is 0.331 e. The maximum atomic E-state index is 11.6. The van der Waals surface area contributed by atoms with Crippen LogP contribution in [0, 0.1) is 22.7 Å². The third-order valence-corrected chi connectivity index (χ3v) is 2.79. The highest BCUT2D eigenvalue weighted by molar-refractivity contribution is 5.91. The van der Waals surface area contributed by atoms with Crippen molar-refractivity contribution in [3.8, 4) is 12.1 Å². The average Bonchev–Trinajstić information content (AvgIpc) is 2.40. The van der Waals surface area contributed by atoms with Gasteiger partial charge >= 0.3 is 11.9 Å². The minimum Gasteiger partial charge on any atom is -0.456 e. The number of hydrogen-bond donors (Lipinski definition) is 0. The van der Waals surface area contributed by atoms with Crippen molar-refractivity contribution in [3.63, 3.8) is 0 Å². The molecule has 0 aromatic heterocycles. The van der Waals surface area contributed by atoms with Gasteiger partial charge in [-0.3, -0.25) is 0 Å². The molecular formula is C16H22N2O4. The SMILES string of the molecule is CC(C)(CCC#N)OC(=O)/C=C/C(=O)OC(C)(C)CCC#N. The van der Waals surface area contributed by atoms with Gasteiger partial charge in [-0.15, -0.1) is 0 Å². The molecule has 120 valence electrons. The topological polar surface area (TPSA) is 100 Å². The van der Waals surface area contributed by atoms with Crippen molar-refractivity contribution in [1.82, 2.24) is 0 Å². The van der Waals surface area contributed by atoms with E-state index in [1.807, 2.05) is 12.1 Å². The molecule has 0 unspecified atom stereocenters. The van der Waals surface area contributed by atoms with Crippen LogP contribution >= 0.6 is 0 Å². The zero-order valence-electron chi connectivity index (χ0n) is 13.5. The van der Waals surface area contributed by atoms with Gasteiger partial charge in [-0.05, 0) is 40.5 Å². The maximum Gasteiger partial charge on any atom is 0.331 e. The van der Waals surface area contributed by atoms with Crippen LogP contribution in [0.15, 0.2) is 12.2 Å². The normalized spacial score (nSPS) is 11.5. The summed E-state index contributed by atoms with van der Waals surface area (Å²) in [6.07, 6.45) is 3.37. The van der Waals surface area contributed by atoms with E-state index < -0.39 is 23.1 Å². The summed E-state index contributed by atoms with van der Waals surface area (Å²) in [5.41, 5.74) is -1.54. The highest BCUT2D eigenvalue weighted by Crippen LogP contribution is 2.18. The van der Waals surface area contributed by atoms with Gasteiger partial charge in [0.2, 0.25) is 0 Å². The van der Waals surface area contributed by atoms with Gasteiger partial charge in [0, 0.05) is 25.0 Å². The van der Waals surface area contributed by atoms with E-state index in [-0.39, 0.29) is 12.8 Å². The fourth-order valence-electron chi connectivity index (χ4n) is 1.56. The van der Waals surface area contributed by atoms with E-state index in [9.17, 15) is 9.59 Å². The number of ether oxygens (including phenoxy) is 2. The van der Waals surface area contributed by atoms with Crippen molar-refractivity contribution in [2.45, 2.75) is 64.6 Å². The van der Waals surface area contributed by atoms with E-state index in [1.165, 1.54) is 0 Å². The van der Waals surface area contributed by atoms with Gasteiger partial charge in [0.25, 0.3) is 0 Å². The van der Waals surface area contributed by atoms with Crippen molar-refractivity contribution in [3.05, 3.63) is 12.2 Å². The van der Waals surface area contributed by atoms with Crippen molar-refractivity contribution in [1.29, 1.82) is 10.5 Å². The van der Waals surface area contributed by atoms with E-state index in [0.29, 0.717) is 12.8 Å². The van der Waals surface area contributed by atoms with Gasteiger partial charge in [-0.1, -0.05) is 0 Å². The molecule has 0 saturated heterocycles. The van der Waals surface area contributed by atoms with Crippen LogP contribution in [-0.2, 0) is 19.1 Å². The van der Waals surface area contributed by atoms with Crippen LogP contribution in [0.5, 0.6) is 0 Å². The number of carbonyl (C=O) groups is 2. The second-order valence-corrected chi connectivity index (χ2v) is 6.01. The van der Waals surface area contributed by atoms with Crippen LogP contribution in [0.25, 0.3) is 0 Å². The van der Waals surface area contributed by atoms with E-state index in [2.05, 4.69) is 0 Å². The number of carbonyl (C=O) groups excluding carboxylic acids is 2. The quantitative estimate of drug-likeness (QED) is 0.505. The number of hydrogen-bond acceptors (Lipinski definition) is 6. The molecule has 0 aliphatic carbocycles. The zero-order valence-corrected chi connectivity index (χ0v) is 13.5. The fraction of sp³-hybridized carbons (Fsp3) is 0.625. The molecule has 0 bridgehead atoms. The van der Waals surface area contributed by atoms with Crippen molar-refractivity contribution >= 4 is 11.9 Å². The first-order valence-corrected chi connectivity index (χ1v) is 7.00. The van der Waals surface area contributed by atoms with Gasteiger partial charge in [-0.2, -0.15) is 10.5 Å². The largest absolute Gasteiger partial charge is 0.456 e. The van der Waals surface area contributed by atoms with E-state index in [4.69, 9.17) is 20.0 Å². The minimum atomic E-state index is -0.771. The summed E-state index contributed by atoms with van der Waals surface area (Å²) in [6.45, 7) is 6.78. The molecule has 0 aliphatic heterocycles. The Labute approximate surface area is 131 Å². The molecular weight excluding hydrogens is 284 g/mol. The Morgan fingerprint density at radius 2 is 1.18 bits per heavy atom. The molecule has 0 spiro atoms. The molecule has 0 aliphatic rings. The Bertz CT molecular complexity index is 461. The first kappa shape index (κ1) is 19.7. The lowest BCUT2D eigenvalue weighted by molar-refractivity contribution is -0.153. The molecule has 0 amide bonds. The van der Waals surface area contributed by atoms with Gasteiger partial charge in [0.05, 0.1) is 12.1 Å². The Morgan fingerprint density at radius 3 is 1.45 bits per heavy atom. The van der Waals surface area contributed by atoms with Crippen LogP contribution < -0.4 is 0 Å². The molecule has 0 fully saturated rings. The first-order chi connectivity index (χ1) is 10.1. The minimum absolute atomic E-state index is 0.277. The molecule has 0 radical (unpaired) electrons. The Kier molecular flexibility index (Phi) is 7.90. The molecule has 6 nitrogen and oxygen atoms in total. The van der Waals surface area contributed by atoms with Crippen molar-refractivity contribution in [2.24, 2.45) is 0 Å². The first-order valence-electron chi connectivity index (χ1n) is 7.00. The zero-order chi connectivity index (χ0) is 17.2. The molecule has 6 heteroatoms.